The number of hydrogen-bond donors (Lipinski definition) is 7. The molecule has 42 heavy (non-hydrogen) atoms. The molecule has 15 heteroatoms. The van der Waals surface area contributed by atoms with Crippen LogP contribution in [0.15, 0.2) is 40.3 Å². The molecule has 4 aliphatic rings. The number of ether oxygens (including phenoxy) is 1. The Balaban J connectivity index is 1.26. The summed E-state index contributed by atoms with van der Waals surface area (Å²) in [6.45, 7) is 6.20. The summed E-state index contributed by atoms with van der Waals surface area (Å²) >= 11 is 0. The molecule has 9 N–H and O–H groups in total. The molecule has 4 atom stereocenters. The number of aromatic nitrogens is 2. The fourth-order valence-corrected chi connectivity index (χ4v) is 6.24. The van der Waals surface area contributed by atoms with Crippen LogP contribution in [0.3, 0.4) is 0 Å². The Morgan fingerprint density at radius 2 is 1.93 bits per heavy atom. The number of carbonyl (C=O) groups excluding carboxylic acids is 2. The van der Waals surface area contributed by atoms with Crippen LogP contribution in [0, 0.1) is 6.92 Å². The molecular weight excluding hydrogens is 544 g/mol. The van der Waals surface area contributed by atoms with Crippen LogP contribution in [0.4, 0.5) is 0 Å². The van der Waals surface area contributed by atoms with Gasteiger partial charge in [0.1, 0.15) is 17.8 Å². The summed E-state index contributed by atoms with van der Waals surface area (Å²) in [6.07, 6.45) is 0.800. The molecule has 4 aliphatic heterocycles. The van der Waals surface area contributed by atoms with Crippen molar-refractivity contribution in [2.45, 2.75) is 62.2 Å². The normalized spacial score (nSPS) is 28.2. The Hall–Kier alpha value is -4.50. The zero-order valence-corrected chi connectivity index (χ0v) is 23.5. The highest BCUT2D eigenvalue weighted by molar-refractivity contribution is 5.98. The number of rotatable bonds is 5. The number of para-hydroxylation sites is 1. The summed E-state index contributed by atoms with van der Waals surface area (Å²) < 4.78 is 5.89. The SMILES string of the molecule is Cc1ccc(C(=O)NC[C@@H]2N=C(N)N3CC(NC(=O)c4cccc5c4OCCC5(C)C)C(O)(O)[C@@]34NC(N)=N[C@@H]24)nn1. The Kier molecular flexibility index (Phi) is 6.27. The number of benzene rings is 1. The zero-order chi connectivity index (χ0) is 30.0. The van der Waals surface area contributed by atoms with Gasteiger partial charge in [0, 0.05) is 18.7 Å². The van der Waals surface area contributed by atoms with E-state index in [0.717, 1.165) is 12.0 Å². The quantitative estimate of drug-likeness (QED) is 0.193. The summed E-state index contributed by atoms with van der Waals surface area (Å²) in [6, 6.07) is 5.49. The lowest BCUT2D eigenvalue weighted by Crippen LogP contribution is -2.78. The van der Waals surface area contributed by atoms with Gasteiger partial charge in [-0.25, -0.2) is 9.98 Å². The molecule has 0 bridgehead atoms. The van der Waals surface area contributed by atoms with Crippen LogP contribution in [-0.4, -0.2) is 98.3 Å². The van der Waals surface area contributed by atoms with Gasteiger partial charge in [-0.2, -0.15) is 5.10 Å². The molecule has 0 aliphatic carbocycles. The first-order chi connectivity index (χ1) is 19.8. The van der Waals surface area contributed by atoms with Crippen LogP contribution in [0.25, 0.3) is 0 Å². The molecule has 222 valence electrons. The smallest absolute Gasteiger partial charge is 0.271 e. The van der Waals surface area contributed by atoms with E-state index >= 15 is 0 Å². The molecule has 0 saturated carbocycles. The second-order valence-corrected chi connectivity index (χ2v) is 11.7. The van der Waals surface area contributed by atoms with Crippen molar-refractivity contribution in [3.05, 3.63) is 52.8 Å². The van der Waals surface area contributed by atoms with Crippen LogP contribution < -0.4 is 32.2 Å². The number of amides is 2. The fraction of sp³-hybridized carbons (Fsp3) is 0.481. The van der Waals surface area contributed by atoms with Gasteiger partial charge in [0.2, 0.25) is 5.79 Å². The average Bonchev–Trinajstić information content (AvgIpc) is 3.41. The molecule has 1 fully saturated rings. The highest BCUT2D eigenvalue weighted by Gasteiger charge is 2.73. The molecule has 5 heterocycles. The van der Waals surface area contributed by atoms with Gasteiger partial charge >= 0.3 is 0 Å². The van der Waals surface area contributed by atoms with E-state index in [2.05, 4.69) is 50.0 Å². The molecule has 1 aromatic carbocycles. The molecule has 2 amide bonds. The van der Waals surface area contributed by atoms with E-state index in [-0.39, 0.29) is 41.7 Å². The predicted octanol–water partition coefficient (Wildman–Crippen LogP) is -1.95. The maximum Gasteiger partial charge on any atom is 0.271 e. The number of nitrogens with zero attached hydrogens (tertiary/aromatic N) is 5. The standard InChI is InChI=1S/C27H34N10O5/c1-13-7-8-16(36-35-13)22(39)30-11-17-20-26(34-23(28)33-20)27(40,41)18(12-37(26)24(29)31-17)32-21(38)14-5-4-6-15-19(14)42-10-9-25(15,2)3/h4-8,17-18,20,40-41H,9-12H2,1-3H3,(H2,29,31)(H,30,39)(H,32,38)(H3,28,33,34)/t17-,18?,20-,26-/m0/s1. The molecule has 15 nitrogen and oxygen atoms in total. The maximum atomic E-state index is 13.6. The summed E-state index contributed by atoms with van der Waals surface area (Å²) in [5.74, 6) is -3.30. The topological polar surface area (TPSA) is 226 Å². The Morgan fingerprint density at radius 3 is 2.67 bits per heavy atom. The summed E-state index contributed by atoms with van der Waals surface area (Å²) in [4.78, 5) is 36.6. The van der Waals surface area contributed by atoms with Crippen molar-refractivity contribution in [1.29, 1.82) is 0 Å². The number of nitrogens with one attached hydrogen (secondary N) is 3. The van der Waals surface area contributed by atoms with Gasteiger partial charge < -0.3 is 47.3 Å². The second-order valence-electron chi connectivity index (χ2n) is 11.7. The maximum absolute atomic E-state index is 13.6. The third-order valence-electron chi connectivity index (χ3n) is 8.57. The number of guanidine groups is 2. The largest absolute Gasteiger partial charge is 0.492 e. The van der Waals surface area contributed by atoms with Crippen molar-refractivity contribution < 1.29 is 24.5 Å². The van der Waals surface area contributed by atoms with Gasteiger partial charge in [0.25, 0.3) is 11.8 Å². The number of aryl methyl sites for hydroxylation is 1. The van der Waals surface area contributed by atoms with Gasteiger partial charge in [0.05, 0.1) is 23.9 Å². The van der Waals surface area contributed by atoms with Crippen LogP contribution >= 0.6 is 0 Å². The molecule has 1 unspecified atom stereocenters. The van der Waals surface area contributed by atoms with E-state index in [9.17, 15) is 19.8 Å². The minimum absolute atomic E-state index is 0.0376. The van der Waals surface area contributed by atoms with Crippen molar-refractivity contribution in [2.24, 2.45) is 21.5 Å². The molecule has 1 spiro atoms. The number of nitrogens with two attached hydrogens (primary N) is 2. The lowest BCUT2D eigenvalue weighted by atomic mass is 9.79. The number of carbonyl (C=O) groups is 2. The van der Waals surface area contributed by atoms with E-state index in [1.54, 1.807) is 31.2 Å². The number of aliphatic imine (C=N–C) groups is 2. The van der Waals surface area contributed by atoms with Crippen LogP contribution in [0.5, 0.6) is 5.75 Å². The van der Waals surface area contributed by atoms with Crippen molar-refractivity contribution >= 4 is 23.7 Å². The monoisotopic (exact) mass is 578 g/mol. The summed E-state index contributed by atoms with van der Waals surface area (Å²) in [5, 5.41) is 39.6. The first kappa shape index (κ1) is 27.7. The number of hydrogen-bond acceptors (Lipinski definition) is 13. The van der Waals surface area contributed by atoms with E-state index in [0.29, 0.717) is 18.1 Å². The van der Waals surface area contributed by atoms with Gasteiger partial charge in [-0.1, -0.05) is 26.0 Å². The molecule has 1 aromatic heterocycles. The van der Waals surface area contributed by atoms with Crippen LogP contribution in [0.2, 0.25) is 0 Å². The molecule has 1 saturated heterocycles. The average molecular weight is 579 g/mol. The third-order valence-corrected chi connectivity index (χ3v) is 8.57. The van der Waals surface area contributed by atoms with E-state index in [1.165, 1.54) is 4.90 Å². The Bertz CT molecular complexity index is 1510. The van der Waals surface area contributed by atoms with Crippen LogP contribution in [0.1, 0.15) is 52.4 Å². The fourth-order valence-electron chi connectivity index (χ4n) is 6.24. The summed E-state index contributed by atoms with van der Waals surface area (Å²) in [7, 11) is 0. The first-order valence-electron chi connectivity index (χ1n) is 13.7. The minimum atomic E-state index is -2.63. The lowest BCUT2D eigenvalue weighted by molar-refractivity contribution is -0.230. The van der Waals surface area contributed by atoms with E-state index in [1.807, 2.05) is 6.07 Å². The van der Waals surface area contributed by atoms with E-state index in [4.69, 9.17) is 16.2 Å². The molecule has 0 radical (unpaired) electrons. The summed E-state index contributed by atoms with van der Waals surface area (Å²) in [5.41, 5.74) is 12.4. The van der Waals surface area contributed by atoms with Gasteiger partial charge in [-0.3, -0.25) is 9.59 Å². The van der Waals surface area contributed by atoms with Crippen molar-refractivity contribution in [3.63, 3.8) is 0 Å². The lowest BCUT2D eigenvalue weighted by Gasteiger charge is -2.49. The molecular formula is C27H34N10O5. The third kappa shape index (κ3) is 4.10. The van der Waals surface area contributed by atoms with Crippen molar-refractivity contribution in [1.82, 2.24) is 31.0 Å². The second kappa shape index (κ2) is 9.52. The number of aliphatic hydroxyl groups is 2. The van der Waals surface area contributed by atoms with Crippen molar-refractivity contribution in [3.8, 4) is 5.75 Å². The highest BCUT2D eigenvalue weighted by Crippen LogP contribution is 2.45. The van der Waals surface area contributed by atoms with Crippen LogP contribution in [-0.2, 0) is 5.41 Å². The Morgan fingerprint density at radius 1 is 1.14 bits per heavy atom. The minimum Gasteiger partial charge on any atom is -0.492 e. The predicted molar refractivity (Wildman–Crippen MR) is 150 cm³/mol. The molecule has 6 rings (SSSR count). The van der Waals surface area contributed by atoms with Crippen molar-refractivity contribution in [2.75, 3.05) is 19.7 Å². The Labute approximate surface area is 241 Å². The van der Waals surface area contributed by atoms with Gasteiger partial charge in [-0.05, 0) is 37.0 Å². The van der Waals surface area contributed by atoms with E-state index < -0.39 is 41.4 Å². The van der Waals surface area contributed by atoms with Gasteiger partial charge in [0.15, 0.2) is 23.3 Å². The number of fused-ring (bicyclic) bond motifs is 1. The zero-order valence-electron chi connectivity index (χ0n) is 23.5. The highest BCUT2D eigenvalue weighted by atomic mass is 16.5. The molecule has 2 aromatic rings. The van der Waals surface area contributed by atoms with Gasteiger partial charge in [-0.15, -0.1) is 5.10 Å². The first-order valence-corrected chi connectivity index (χ1v) is 13.7.